The van der Waals surface area contributed by atoms with E-state index >= 15 is 0 Å². The van der Waals surface area contributed by atoms with Crippen molar-refractivity contribution in [3.63, 3.8) is 0 Å². The van der Waals surface area contributed by atoms with Gasteiger partial charge < -0.3 is 0 Å². The molecule has 16 rings (SSSR count). The van der Waals surface area contributed by atoms with Gasteiger partial charge in [0.25, 0.3) is 0 Å². The molecule has 0 fully saturated rings. The van der Waals surface area contributed by atoms with Crippen LogP contribution in [0.25, 0.3) is 121 Å². The predicted molar refractivity (Wildman–Crippen MR) is 292 cm³/mol. The summed E-state index contributed by atoms with van der Waals surface area (Å²) in [5.74, 6) is 0. The van der Waals surface area contributed by atoms with Crippen LogP contribution in [0.2, 0.25) is 13.1 Å². The molecule has 1 atom stereocenters. The molecule has 0 nitrogen and oxygen atoms in total. The molecule has 1 unspecified atom stereocenters. The Bertz CT molecular complexity index is 4330. The van der Waals surface area contributed by atoms with Crippen molar-refractivity contribution in [3.05, 3.63) is 216 Å². The molecule has 0 saturated carbocycles. The van der Waals surface area contributed by atoms with Gasteiger partial charge in [-0.25, -0.2) is 0 Å². The van der Waals surface area contributed by atoms with Crippen molar-refractivity contribution >= 4 is 72.3 Å². The molecule has 0 amide bonds. The lowest BCUT2D eigenvalue weighted by molar-refractivity contribution is 0.660. The summed E-state index contributed by atoms with van der Waals surface area (Å²) >= 11 is 0. The van der Waals surface area contributed by atoms with Gasteiger partial charge in [-0.15, -0.1) is 0 Å². The van der Waals surface area contributed by atoms with Crippen molar-refractivity contribution in [2.75, 3.05) is 0 Å². The molecule has 6 bridgehead atoms. The Hall–Kier alpha value is -7.58. The van der Waals surface area contributed by atoms with Gasteiger partial charge in [-0.3, -0.25) is 0 Å². The maximum atomic E-state index is 2.67. The zero-order chi connectivity index (χ0) is 45.2. The van der Waals surface area contributed by atoms with E-state index in [1.807, 2.05) is 0 Å². The zero-order valence-corrected chi connectivity index (χ0v) is 39.9. The van der Waals surface area contributed by atoms with Crippen LogP contribution in [0.5, 0.6) is 0 Å². The number of benzene rings is 12. The van der Waals surface area contributed by atoms with Gasteiger partial charge in [0.2, 0.25) is 0 Å². The van der Waals surface area contributed by atoms with Crippen LogP contribution >= 0.6 is 0 Å². The third kappa shape index (κ3) is 4.39. The predicted octanol–water partition coefficient (Wildman–Crippen LogP) is 16.6. The van der Waals surface area contributed by atoms with Gasteiger partial charge in [0, 0.05) is 10.8 Å². The van der Waals surface area contributed by atoms with Crippen molar-refractivity contribution in [1.29, 1.82) is 0 Å². The Morgan fingerprint density at radius 2 is 0.926 bits per heavy atom. The van der Waals surface area contributed by atoms with E-state index in [1.165, 1.54) is 159 Å². The number of fused-ring (bicyclic) bond motifs is 17. The van der Waals surface area contributed by atoms with Crippen molar-refractivity contribution in [2.45, 2.75) is 44.7 Å². The average Bonchev–Trinajstić information content (AvgIpc) is 3.86. The molecule has 3 aliphatic carbocycles. The van der Waals surface area contributed by atoms with E-state index in [-0.39, 0.29) is 10.8 Å². The first-order chi connectivity index (χ1) is 33.1. The quantitative estimate of drug-likeness (QED) is 0.0875. The molecule has 1 heteroatoms. The largest absolute Gasteiger partial charge is 0.113 e. The lowest BCUT2D eigenvalue weighted by Crippen LogP contribution is -2.49. The summed E-state index contributed by atoms with van der Waals surface area (Å²) in [6.45, 7) is 12.5. The Balaban J connectivity index is 1.11. The highest BCUT2D eigenvalue weighted by atomic mass is 28.3. The van der Waals surface area contributed by atoms with Crippen LogP contribution < -0.4 is 10.4 Å². The molecule has 318 valence electrons. The van der Waals surface area contributed by atoms with Crippen molar-refractivity contribution in [3.8, 4) is 66.8 Å². The molecule has 0 N–H and O–H groups in total. The first-order valence-electron chi connectivity index (χ1n) is 24.5. The van der Waals surface area contributed by atoms with Gasteiger partial charge in [0.15, 0.2) is 0 Å². The van der Waals surface area contributed by atoms with Crippen LogP contribution in [0.15, 0.2) is 188 Å². The number of rotatable bonds is 1. The smallest absolute Gasteiger partial charge is 0.0623 e. The minimum absolute atomic E-state index is 0.120. The Morgan fingerprint density at radius 1 is 0.324 bits per heavy atom. The average molecular weight is 879 g/mol. The van der Waals surface area contributed by atoms with E-state index in [9.17, 15) is 0 Å². The Kier molecular flexibility index (Phi) is 6.78. The fourth-order valence-corrected chi connectivity index (χ4v) is 17.5. The van der Waals surface area contributed by atoms with E-state index in [1.54, 1.807) is 0 Å². The van der Waals surface area contributed by atoms with Gasteiger partial charge in [-0.1, -0.05) is 173 Å². The van der Waals surface area contributed by atoms with E-state index in [0.717, 1.165) is 0 Å². The lowest BCUT2D eigenvalue weighted by Gasteiger charge is -2.31. The lowest BCUT2D eigenvalue weighted by atomic mass is 9.72. The standard InChI is InChI=1S/C67H46Si/c1-66(2)56-18-9-6-15-44(56)46-26-24-41(32-58(46)66)63-49-28-23-38-30-52(49)64(55-36-61-51(35-54(55)63)48-17-8-11-20-60(48)68(61,4)5)42-25-27-47-45-16-7-10-19-57(45)67(3,59(47)33-42)43-29-40-22-21-37-13-12-14-39-31-50(38)53(34-43)65(40)62(37)39/h6-36H,1-5H3. The SMILES string of the molecule is CC1(C)c2ccccc2-c2ccc(-c3c4ccc5cc4c(c4cc6c(cc34)-c3ccccc3[Si]6(C)C)-c3ccc4c(c3)C(C)(c3cc6ccc7cccc8cc-5c(c3)c6c78)c3ccccc3-4)cc21. The molecule has 1 aliphatic heterocycles. The van der Waals surface area contributed by atoms with Crippen LogP contribution in [0.4, 0.5) is 0 Å². The second-order valence-corrected chi connectivity index (χ2v) is 26.0. The summed E-state index contributed by atoms with van der Waals surface area (Å²) in [6, 6.07) is 74.4. The van der Waals surface area contributed by atoms with Crippen molar-refractivity contribution in [1.82, 2.24) is 0 Å². The summed E-state index contributed by atoms with van der Waals surface area (Å²) in [5.41, 5.74) is 22.4. The fourth-order valence-electron chi connectivity index (χ4n) is 14.4. The van der Waals surface area contributed by atoms with Crippen LogP contribution in [0.1, 0.15) is 48.6 Å². The Labute approximate surface area is 397 Å². The Morgan fingerprint density at radius 3 is 1.75 bits per heavy atom. The molecular formula is C67H46Si. The summed E-state index contributed by atoms with van der Waals surface area (Å²) in [6.07, 6.45) is 0. The van der Waals surface area contributed by atoms with Gasteiger partial charge in [0.05, 0.1) is 0 Å². The van der Waals surface area contributed by atoms with E-state index < -0.39 is 8.07 Å². The third-order valence-corrected chi connectivity index (χ3v) is 21.3. The monoisotopic (exact) mass is 878 g/mol. The summed E-state index contributed by atoms with van der Waals surface area (Å²) in [7, 11) is -2.06. The molecule has 0 spiro atoms. The van der Waals surface area contributed by atoms with Gasteiger partial charge in [-0.2, -0.15) is 0 Å². The summed E-state index contributed by atoms with van der Waals surface area (Å²) in [5, 5.41) is 16.3. The van der Waals surface area contributed by atoms with Gasteiger partial charge >= 0.3 is 0 Å². The van der Waals surface area contributed by atoms with Crippen LogP contribution in [0.3, 0.4) is 0 Å². The first-order valence-corrected chi connectivity index (χ1v) is 27.5. The maximum Gasteiger partial charge on any atom is 0.113 e. The minimum atomic E-state index is -2.06. The van der Waals surface area contributed by atoms with E-state index in [2.05, 4.69) is 222 Å². The van der Waals surface area contributed by atoms with Crippen LogP contribution in [-0.4, -0.2) is 8.07 Å². The van der Waals surface area contributed by atoms with E-state index in [0.29, 0.717) is 0 Å². The summed E-state index contributed by atoms with van der Waals surface area (Å²) < 4.78 is 0. The summed E-state index contributed by atoms with van der Waals surface area (Å²) in [4.78, 5) is 0. The molecule has 0 radical (unpaired) electrons. The molecule has 12 aromatic carbocycles. The maximum absolute atomic E-state index is 2.67. The minimum Gasteiger partial charge on any atom is -0.0623 e. The zero-order valence-electron chi connectivity index (χ0n) is 38.9. The first kappa shape index (κ1) is 37.5. The highest BCUT2D eigenvalue weighted by Crippen LogP contribution is 2.57. The highest BCUT2D eigenvalue weighted by Gasteiger charge is 2.43. The van der Waals surface area contributed by atoms with Crippen molar-refractivity contribution in [2.24, 2.45) is 0 Å². The van der Waals surface area contributed by atoms with Gasteiger partial charge in [0.1, 0.15) is 8.07 Å². The van der Waals surface area contributed by atoms with Crippen molar-refractivity contribution < 1.29 is 0 Å². The van der Waals surface area contributed by atoms with E-state index in [4.69, 9.17) is 0 Å². The molecule has 0 aromatic heterocycles. The molecule has 4 aliphatic rings. The normalized spacial score (nSPS) is 17.2. The molecular weight excluding hydrogens is 833 g/mol. The molecule has 12 aromatic rings. The molecule has 68 heavy (non-hydrogen) atoms. The number of hydrogen-bond donors (Lipinski definition) is 0. The third-order valence-electron chi connectivity index (χ3n) is 17.8. The fraction of sp³-hybridized carbons (Fsp3) is 0.104. The van der Waals surface area contributed by atoms with Crippen LogP contribution in [-0.2, 0) is 10.8 Å². The topological polar surface area (TPSA) is 0 Å². The van der Waals surface area contributed by atoms with Gasteiger partial charge in [-0.05, 0) is 208 Å². The molecule has 0 saturated heterocycles. The second kappa shape index (κ2) is 12.3. The second-order valence-electron chi connectivity index (χ2n) is 21.7. The van der Waals surface area contributed by atoms with Crippen LogP contribution in [0, 0.1) is 0 Å². The number of hydrogen-bond acceptors (Lipinski definition) is 0. The molecule has 1 heterocycles. The highest BCUT2D eigenvalue weighted by molar-refractivity contribution is 7.04.